The molecule has 1 aliphatic rings. The summed E-state index contributed by atoms with van der Waals surface area (Å²) in [5, 5.41) is 0.687. The number of nitrogens with zero attached hydrogens (tertiary/aromatic N) is 2. The van der Waals surface area contributed by atoms with E-state index in [4.69, 9.17) is 9.47 Å². The number of imidazole rings is 1. The van der Waals surface area contributed by atoms with E-state index in [1.165, 1.54) is 11.8 Å². The van der Waals surface area contributed by atoms with Gasteiger partial charge in [0, 0.05) is 18.1 Å². The van der Waals surface area contributed by atoms with Crippen LogP contribution in [0.2, 0.25) is 0 Å². The molecule has 0 bridgehead atoms. The lowest BCUT2D eigenvalue weighted by Crippen LogP contribution is -2.51. The number of carbonyl (C=O) groups excluding carboxylic acids is 2. The Morgan fingerprint density at radius 3 is 2.65 bits per heavy atom. The summed E-state index contributed by atoms with van der Waals surface area (Å²) < 4.78 is 13.1. The summed E-state index contributed by atoms with van der Waals surface area (Å²) in [7, 11) is 0. The van der Waals surface area contributed by atoms with E-state index in [9.17, 15) is 9.59 Å². The number of para-hydroxylation sites is 2. The predicted molar refractivity (Wildman–Crippen MR) is 116 cm³/mol. The van der Waals surface area contributed by atoms with E-state index in [0.29, 0.717) is 16.7 Å². The van der Waals surface area contributed by atoms with Crippen LogP contribution in [0.15, 0.2) is 60.0 Å². The van der Waals surface area contributed by atoms with Crippen LogP contribution in [0.4, 0.5) is 0 Å². The standard InChI is InChI=1S/C22H22N4O4S/c1-14-9-15(2)11-16(10-14)26-8-7-23-22(26)31-13-20(27)24-25-21(28)19-12-29-17-5-3-4-6-18(17)30-19/h3-11,19H,12-13H2,1-2H3,(H,24,27)(H,25,28). The summed E-state index contributed by atoms with van der Waals surface area (Å²) in [6.07, 6.45) is 2.71. The number of carbonyl (C=O) groups is 2. The molecule has 9 heteroatoms. The average molecular weight is 439 g/mol. The van der Waals surface area contributed by atoms with Crippen molar-refractivity contribution in [1.29, 1.82) is 0 Å². The number of nitrogens with one attached hydrogen (secondary N) is 2. The van der Waals surface area contributed by atoms with Gasteiger partial charge in [0.05, 0.1) is 5.75 Å². The highest BCUT2D eigenvalue weighted by Crippen LogP contribution is 2.30. The minimum absolute atomic E-state index is 0.0702. The molecule has 1 unspecified atom stereocenters. The quantitative estimate of drug-likeness (QED) is 0.470. The summed E-state index contributed by atoms with van der Waals surface area (Å²) in [5.74, 6) is 0.336. The van der Waals surface area contributed by atoms with Crippen molar-refractivity contribution in [2.75, 3.05) is 12.4 Å². The van der Waals surface area contributed by atoms with Crippen LogP contribution in [0.1, 0.15) is 11.1 Å². The maximum absolute atomic E-state index is 12.3. The van der Waals surface area contributed by atoms with Gasteiger partial charge < -0.3 is 9.47 Å². The van der Waals surface area contributed by atoms with Crippen LogP contribution < -0.4 is 20.3 Å². The van der Waals surface area contributed by atoms with E-state index in [1.54, 1.807) is 24.4 Å². The topological polar surface area (TPSA) is 94.5 Å². The highest BCUT2D eigenvalue weighted by Gasteiger charge is 2.27. The molecule has 8 nitrogen and oxygen atoms in total. The number of amides is 2. The van der Waals surface area contributed by atoms with Crippen LogP contribution >= 0.6 is 11.8 Å². The third-order valence-corrected chi connectivity index (χ3v) is 5.52. The first kappa shape index (κ1) is 20.8. The minimum Gasteiger partial charge on any atom is -0.485 e. The number of rotatable bonds is 5. The lowest BCUT2D eigenvalue weighted by molar-refractivity contribution is -0.134. The SMILES string of the molecule is Cc1cc(C)cc(-n2ccnc2SCC(=O)NNC(=O)C2COc3ccccc3O2)c1. The predicted octanol–water partition coefficient (Wildman–Crippen LogP) is 2.57. The van der Waals surface area contributed by atoms with E-state index >= 15 is 0 Å². The Hall–Kier alpha value is -3.46. The third-order valence-electron chi connectivity index (χ3n) is 4.55. The van der Waals surface area contributed by atoms with Crippen LogP contribution in [0.25, 0.3) is 5.69 Å². The molecule has 4 rings (SSSR count). The van der Waals surface area contributed by atoms with Gasteiger partial charge in [0.1, 0.15) is 6.61 Å². The molecular formula is C22H22N4O4S. The van der Waals surface area contributed by atoms with Crippen molar-refractivity contribution in [2.24, 2.45) is 0 Å². The molecule has 0 spiro atoms. The molecule has 2 amide bonds. The number of fused-ring (bicyclic) bond motifs is 1. The molecule has 3 aromatic rings. The van der Waals surface area contributed by atoms with Gasteiger partial charge >= 0.3 is 0 Å². The second kappa shape index (κ2) is 9.13. The fourth-order valence-corrected chi connectivity index (χ4v) is 3.98. The molecule has 1 aromatic heterocycles. The Kier molecular flexibility index (Phi) is 6.13. The summed E-state index contributed by atoms with van der Waals surface area (Å²) >= 11 is 1.28. The molecule has 0 saturated heterocycles. The van der Waals surface area contributed by atoms with Crippen LogP contribution in [0.3, 0.4) is 0 Å². The second-order valence-electron chi connectivity index (χ2n) is 7.12. The lowest BCUT2D eigenvalue weighted by Gasteiger charge is -2.25. The van der Waals surface area contributed by atoms with Crippen molar-refractivity contribution >= 4 is 23.6 Å². The van der Waals surface area contributed by atoms with Crippen molar-refractivity contribution < 1.29 is 19.1 Å². The number of benzene rings is 2. The average Bonchev–Trinajstić information content (AvgIpc) is 3.24. The van der Waals surface area contributed by atoms with Gasteiger partial charge in [-0.3, -0.25) is 25.0 Å². The Morgan fingerprint density at radius 2 is 1.87 bits per heavy atom. The van der Waals surface area contributed by atoms with E-state index in [0.717, 1.165) is 16.8 Å². The first-order chi connectivity index (χ1) is 15.0. The van der Waals surface area contributed by atoms with Gasteiger partial charge in [-0.2, -0.15) is 0 Å². The normalized spacial score (nSPS) is 14.7. The van der Waals surface area contributed by atoms with Crippen LogP contribution in [0, 0.1) is 13.8 Å². The van der Waals surface area contributed by atoms with Crippen molar-refractivity contribution in [3.05, 3.63) is 66.0 Å². The zero-order valence-electron chi connectivity index (χ0n) is 17.1. The molecule has 1 aliphatic heterocycles. The monoisotopic (exact) mass is 438 g/mol. The van der Waals surface area contributed by atoms with Gasteiger partial charge in [0.15, 0.2) is 16.7 Å². The zero-order valence-corrected chi connectivity index (χ0v) is 17.9. The van der Waals surface area contributed by atoms with Crippen molar-refractivity contribution in [2.45, 2.75) is 25.1 Å². The highest BCUT2D eigenvalue weighted by atomic mass is 32.2. The maximum atomic E-state index is 12.3. The molecule has 2 heterocycles. The van der Waals surface area contributed by atoms with Crippen molar-refractivity contribution in [1.82, 2.24) is 20.4 Å². The zero-order chi connectivity index (χ0) is 21.8. The van der Waals surface area contributed by atoms with Gasteiger partial charge in [0.2, 0.25) is 12.0 Å². The number of hydrogen-bond donors (Lipinski definition) is 2. The molecule has 0 radical (unpaired) electrons. The Bertz CT molecular complexity index is 1090. The fraction of sp³-hybridized carbons (Fsp3) is 0.227. The summed E-state index contributed by atoms with van der Waals surface area (Å²) in [6.45, 7) is 4.15. The first-order valence-corrected chi connectivity index (χ1v) is 10.7. The van der Waals surface area contributed by atoms with Gasteiger partial charge in [-0.25, -0.2) is 4.98 Å². The van der Waals surface area contributed by atoms with Gasteiger partial charge in [0.25, 0.3) is 5.91 Å². The molecule has 2 aromatic carbocycles. The van der Waals surface area contributed by atoms with Crippen LogP contribution in [-0.2, 0) is 9.59 Å². The minimum atomic E-state index is -0.841. The van der Waals surface area contributed by atoms with E-state index < -0.39 is 12.0 Å². The molecule has 0 saturated carbocycles. The first-order valence-electron chi connectivity index (χ1n) is 9.71. The largest absolute Gasteiger partial charge is 0.485 e. The second-order valence-corrected chi connectivity index (χ2v) is 8.06. The van der Waals surface area contributed by atoms with Crippen molar-refractivity contribution in [3.63, 3.8) is 0 Å². The number of aromatic nitrogens is 2. The van der Waals surface area contributed by atoms with Crippen LogP contribution in [0.5, 0.6) is 11.5 Å². The fourth-order valence-electron chi connectivity index (χ4n) is 3.21. The Labute approximate surface area is 183 Å². The highest BCUT2D eigenvalue weighted by molar-refractivity contribution is 7.99. The maximum Gasteiger partial charge on any atom is 0.283 e. The molecule has 1 atom stereocenters. The molecular weight excluding hydrogens is 416 g/mol. The third kappa shape index (κ3) is 5.00. The van der Waals surface area contributed by atoms with Crippen LogP contribution in [-0.4, -0.2) is 39.8 Å². The smallest absolute Gasteiger partial charge is 0.283 e. The number of ether oxygens (including phenoxy) is 2. The summed E-state index contributed by atoms with van der Waals surface area (Å²) in [4.78, 5) is 28.9. The molecule has 0 aliphatic carbocycles. The van der Waals surface area contributed by atoms with Gasteiger partial charge in [-0.1, -0.05) is 30.0 Å². The number of thioether (sulfide) groups is 1. The molecule has 160 valence electrons. The summed E-state index contributed by atoms with van der Waals surface area (Å²) in [5.41, 5.74) is 8.09. The van der Waals surface area contributed by atoms with Crippen molar-refractivity contribution in [3.8, 4) is 17.2 Å². The Balaban J connectivity index is 1.29. The number of hydrazine groups is 1. The molecule has 2 N–H and O–H groups in total. The lowest BCUT2D eigenvalue weighted by atomic mass is 10.1. The van der Waals surface area contributed by atoms with E-state index in [2.05, 4.69) is 34.0 Å². The molecule has 31 heavy (non-hydrogen) atoms. The van der Waals surface area contributed by atoms with Gasteiger partial charge in [-0.05, 0) is 49.2 Å². The van der Waals surface area contributed by atoms with E-state index in [1.807, 2.05) is 30.7 Å². The Morgan fingerprint density at radius 1 is 1.13 bits per heavy atom. The number of hydrogen-bond acceptors (Lipinski definition) is 6. The van der Waals surface area contributed by atoms with Gasteiger partial charge in [-0.15, -0.1) is 0 Å². The van der Waals surface area contributed by atoms with E-state index in [-0.39, 0.29) is 18.3 Å². The summed E-state index contributed by atoms with van der Waals surface area (Å²) in [6, 6.07) is 13.3. The molecule has 0 fully saturated rings. The number of aryl methyl sites for hydroxylation is 2.